The first kappa shape index (κ1) is 18.0. The van der Waals surface area contributed by atoms with Crippen LogP contribution in [0.2, 0.25) is 0 Å². The van der Waals surface area contributed by atoms with Crippen LogP contribution in [0, 0.1) is 5.82 Å². The van der Waals surface area contributed by atoms with Gasteiger partial charge in [-0.1, -0.05) is 49.7 Å². The molecule has 1 aromatic rings. The molecular formula is C16H25BrFNS. The molecule has 0 amide bonds. The van der Waals surface area contributed by atoms with Crippen LogP contribution in [0.1, 0.15) is 39.7 Å². The molecule has 0 spiro atoms. The Morgan fingerprint density at radius 1 is 1.35 bits per heavy atom. The molecule has 0 saturated heterocycles. The second kappa shape index (κ2) is 8.40. The van der Waals surface area contributed by atoms with E-state index in [4.69, 9.17) is 0 Å². The van der Waals surface area contributed by atoms with Crippen LogP contribution < -0.4 is 5.32 Å². The summed E-state index contributed by atoms with van der Waals surface area (Å²) in [6.07, 6.45) is 1.84. The first-order chi connectivity index (χ1) is 9.31. The highest BCUT2D eigenvalue weighted by Gasteiger charge is 2.17. The molecule has 1 rings (SSSR count). The van der Waals surface area contributed by atoms with E-state index in [0.29, 0.717) is 6.04 Å². The Morgan fingerprint density at radius 2 is 2.05 bits per heavy atom. The van der Waals surface area contributed by atoms with Crippen LogP contribution in [-0.2, 0) is 6.42 Å². The molecule has 1 unspecified atom stereocenters. The SMILES string of the molecule is CCCNC(CSC(C)(C)C)Cc1ccc(Br)cc1F. The van der Waals surface area contributed by atoms with E-state index in [1.807, 2.05) is 23.9 Å². The topological polar surface area (TPSA) is 12.0 Å². The Bertz CT molecular complexity index is 417. The monoisotopic (exact) mass is 361 g/mol. The lowest BCUT2D eigenvalue weighted by Gasteiger charge is -2.24. The highest BCUT2D eigenvalue weighted by molar-refractivity contribution is 9.10. The summed E-state index contributed by atoms with van der Waals surface area (Å²) < 4.78 is 15.0. The van der Waals surface area contributed by atoms with E-state index in [9.17, 15) is 4.39 Å². The second-order valence-electron chi connectivity index (χ2n) is 6.01. The molecule has 1 aromatic carbocycles. The van der Waals surface area contributed by atoms with Gasteiger partial charge in [0.05, 0.1) is 0 Å². The summed E-state index contributed by atoms with van der Waals surface area (Å²) in [5.41, 5.74) is 0.788. The summed E-state index contributed by atoms with van der Waals surface area (Å²) in [6, 6.07) is 5.65. The fourth-order valence-electron chi connectivity index (χ4n) is 1.84. The third-order valence-corrected chi connectivity index (χ3v) is 4.81. The molecule has 0 aliphatic heterocycles. The Balaban J connectivity index is 2.67. The summed E-state index contributed by atoms with van der Waals surface area (Å²) in [5, 5.41) is 3.53. The zero-order valence-corrected chi connectivity index (χ0v) is 15.2. The molecule has 1 nitrogen and oxygen atoms in total. The zero-order valence-electron chi connectivity index (χ0n) is 12.8. The van der Waals surface area contributed by atoms with E-state index in [0.717, 1.165) is 35.2 Å². The van der Waals surface area contributed by atoms with Crippen molar-refractivity contribution in [2.45, 2.75) is 51.3 Å². The highest BCUT2D eigenvalue weighted by Crippen LogP contribution is 2.25. The van der Waals surface area contributed by atoms with E-state index in [2.05, 4.69) is 48.9 Å². The van der Waals surface area contributed by atoms with Crippen molar-refractivity contribution in [1.82, 2.24) is 5.32 Å². The predicted molar refractivity (Wildman–Crippen MR) is 92.1 cm³/mol. The number of thioether (sulfide) groups is 1. The van der Waals surface area contributed by atoms with Gasteiger partial charge in [0.15, 0.2) is 0 Å². The van der Waals surface area contributed by atoms with Crippen LogP contribution in [0.25, 0.3) is 0 Å². The summed E-state index contributed by atoms with van der Waals surface area (Å²) in [4.78, 5) is 0. The van der Waals surface area contributed by atoms with E-state index in [-0.39, 0.29) is 10.6 Å². The van der Waals surface area contributed by atoms with Gasteiger partial charge in [-0.3, -0.25) is 0 Å². The third-order valence-electron chi connectivity index (χ3n) is 2.88. The fourth-order valence-corrected chi connectivity index (χ4v) is 3.11. The molecule has 0 bridgehead atoms. The van der Waals surface area contributed by atoms with E-state index in [1.54, 1.807) is 6.07 Å². The molecule has 1 atom stereocenters. The molecule has 0 aliphatic carbocycles. The van der Waals surface area contributed by atoms with Crippen molar-refractivity contribution in [2.75, 3.05) is 12.3 Å². The van der Waals surface area contributed by atoms with Crippen molar-refractivity contribution < 1.29 is 4.39 Å². The molecule has 20 heavy (non-hydrogen) atoms. The van der Waals surface area contributed by atoms with Gasteiger partial charge in [0.1, 0.15) is 5.82 Å². The highest BCUT2D eigenvalue weighted by atomic mass is 79.9. The van der Waals surface area contributed by atoms with Gasteiger partial charge in [0, 0.05) is 21.0 Å². The van der Waals surface area contributed by atoms with Crippen molar-refractivity contribution >= 4 is 27.7 Å². The quantitative estimate of drug-likeness (QED) is 0.730. The van der Waals surface area contributed by atoms with Gasteiger partial charge in [-0.05, 0) is 37.1 Å². The number of halogens is 2. The van der Waals surface area contributed by atoms with Crippen molar-refractivity contribution in [1.29, 1.82) is 0 Å². The van der Waals surface area contributed by atoms with Gasteiger partial charge in [-0.2, -0.15) is 11.8 Å². The van der Waals surface area contributed by atoms with Crippen LogP contribution in [0.3, 0.4) is 0 Å². The van der Waals surface area contributed by atoms with Gasteiger partial charge >= 0.3 is 0 Å². The summed E-state index contributed by atoms with van der Waals surface area (Å²) in [5.74, 6) is 0.877. The minimum absolute atomic E-state index is 0.122. The number of nitrogens with one attached hydrogen (secondary N) is 1. The summed E-state index contributed by atoms with van der Waals surface area (Å²) in [6.45, 7) is 9.78. The van der Waals surface area contributed by atoms with Crippen LogP contribution in [-0.4, -0.2) is 23.1 Å². The average Bonchev–Trinajstić information content (AvgIpc) is 2.34. The summed E-state index contributed by atoms with van der Waals surface area (Å²) in [7, 11) is 0. The molecule has 0 fully saturated rings. The van der Waals surface area contributed by atoms with Gasteiger partial charge < -0.3 is 5.32 Å². The standard InChI is InChI=1S/C16H25BrFNS/c1-5-8-19-14(11-20-16(2,3)4)9-12-6-7-13(17)10-15(12)18/h6-7,10,14,19H,5,8-9,11H2,1-4H3. The normalized spacial score (nSPS) is 13.5. The molecule has 0 saturated carbocycles. The van der Waals surface area contributed by atoms with Crippen LogP contribution in [0.5, 0.6) is 0 Å². The van der Waals surface area contributed by atoms with Crippen molar-refractivity contribution in [3.8, 4) is 0 Å². The fraction of sp³-hybridized carbons (Fsp3) is 0.625. The lowest BCUT2D eigenvalue weighted by Crippen LogP contribution is -2.35. The predicted octanol–water partition coefficient (Wildman–Crippen LogP) is 5.03. The zero-order chi connectivity index (χ0) is 15.2. The maximum absolute atomic E-state index is 13.9. The van der Waals surface area contributed by atoms with Crippen molar-refractivity contribution in [3.05, 3.63) is 34.1 Å². The lowest BCUT2D eigenvalue weighted by atomic mass is 10.1. The van der Waals surface area contributed by atoms with Gasteiger partial charge in [0.25, 0.3) is 0 Å². The van der Waals surface area contributed by atoms with Gasteiger partial charge in [-0.15, -0.1) is 0 Å². The van der Waals surface area contributed by atoms with Crippen LogP contribution in [0.4, 0.5) is 4.39 Å². The molecule has 0 heterocycles. The molecule has 1 N–H and O–H groups in total. The molecule has 4 heteroatoms. The molecule has 0 aliphatic rings. The van der Waals surface area contributed by atoms with E-state index in [1.165, 1.54) is 0 Å². The van der Waals surface area contributed by atoms with Gasteiger partial charge in [-0.25, -0.2) is 4.39 Å². The van der Waals surface area contributed by atoms with E-state index >= 15 is 0 Å². The average molecular weight is 362 g/mol. The first-order valence-electron chi connectivity index (χ1n) is 7.13. The number of benzene rings is 1. The number of rotatable bonds is 7. The lowest BCUT2D eigenvalue weighted by molar-refractivity contribution is 0.529. The van der Waals surface area contributed by atoms with Crippen LogP contribution >= 0.6 is 27.7 Å². The molecule has 114 valence electrons. The molecule has 0 radical (unpaired) electrons. The Kier molecular flexibility index (Phi) is 7.56. The smallest absolute Gasteiger partial charge is 0.127 e. The van der Waals surface area contributed by atoms with Crippen LogP contribution in [0.15, 0.2) is 22.7 Å². The largest absolute Gasteiger partial charge is 0.313 e. The minimum Gasteiger partial charge on any atom is -0.313 e. The molecule has 0 aromatic heterocycles. The van der Waals surface area contributed by atoms with E-state index < -0.39 is 0 Å². The van der Waals surface area contributed by atoms with Crippen molar-refractivity contribution in [2.24, 2.45) is 0 Å². The third kappa shape index (κ3) is 7.09. The minimum atomic E-state index is -0.122. The Morgan fingerprint density at radius 3 is 2.60 bits per heavy atom. The maximum atomic E-state index is 13.9. The Labute approximate surface area is 135 Å². The number of hydrogen-bond donors (Lipinski definition) is 1. The summed E-state index contributed by atoms with van der Waals surface area (Å²) >= 11 is 5.23. The second-order valence-corrected chi connectivity index (χ2v) is 8.78. The molecular weight excluding hydrogens is 337 g/mol. The van der Waals surface area contributed by atoms with Crippen molar-refractivity contribution in [3.63, 3.8) is 0 Å². The number of hydrogen-bond acceptors (Lipinski definition) is 2. The first-order valence-corrected chi connectivity index (χ1v) is 8.91. The van der Waals surface area contributed by atoms with Gasteiger partial charge in [0.2, 0.25) is 0 Å². The maximum Gasteiger partial charge on any atom is 0.127 e. The Hall–Kier alpha value is -0.0600.